The second-order valence-corrected chi connectivity index (χ2v) is 5.88. The van der Waals surface area contributed by atoms with Crippen LogP contribution in [0, 0.1) is 0 Å². The molecule has 1 saturated heterocycles. The van der Waals surface area contributed by atoms with Crippen molar-refractivity contribution < 1.29 is 19.4 Å². The molecule has 2 rings (SSSR count). The zero-order valence-corrected chi connectivity index (χ0v) is 12.5. The third-order valence-corrected chi connectivity index (χ3v) is 4.42. The van der Waals surface area contributed by atoms with E-state index in [4.69, 9.17) is 4.74 Å². The number of anilines is 1. The monoisotopic (exact) mass is 310 g/mol. The molecule has 0 radical (unpaired) electrons. The molecule has 1 aromatic rings. The lowest BCUT2D eigenvalue weighted by Crippen LogP contribution is -2.41. The molecule has 0 spiro atoms. The maximum atomic E-state index is 12.0. The van der Waals surface area contributed by atoms with E-state index in [0.717, 1.165) is 24.3 Å². The third-order valence-electron chi connectivity index (χ3n) is 3.20. The van der Waals surface area contributed by atoms with E-state index in [0.29, 0.717) is 5.75 Å². The van der Waals surface area contributed by atoms with Crippen molar-refractivity contribution in [3.8, 4) is 5.75 Å². The first-order valence-electron chi connectivity index (χ1n) is 6.66. The Morgan fingerprint density at radius 3 is 2.86 bits per heavy atom. The van der Waals surface area contributed by atoms with Gasteiger partial charge in [-0.05, 0) is 36.8 Å². The normalized spacial score (nSPS) is 17.9. The minimum absolute atomic E-state index is 0.00233. The molecule has 1 aliphatic heterocycles. The Kier molecular flexibility index (Phi) is 5.32. The van der Waals surface area contributed by atoms with Gasteiger partial charge in [-0.25, -0.2) is 9.59 Å². The maximum absolute atomic E-state index is 12.0. The number of rotatable bonds is 4. The summed E-state index contributed by atoms with van der Waals surface area (Å²) in [7, 11) is 1.46. The number of hydrogen-bond acceptors (Lipinski definition) is 4. The molecular formula is C14H18N2O4S. The molecular weight excluding hydrogens is 292 g/mol. The number of carbonyl (C=O) groups is 2. The van der Waals surface area contributed by atoms with E-state index in [2.05, 4.69) is 10.6 Å². The van der Waals surface area contributed by atoms with E-state index < -0.39 is 5.97 Å². The van der Waals surface area contributed by atoms with Crippen molar-refractivity contribution in [2.24, 2.45) is 0 Å². The van der Waals surface area contributed by atoms with E-state index >= 15 is 0 Å². The van der Waals surface area contributed by atoms with Crippen LogP contribution in [-0.4, -0.2) is 41.8 Å². The molecule has 0 bridgehead atoms. The lowest BCUT2D eigenvalue weighted by molar-refractivity contribution is 0.0697. The zero-order valence-electron chi connectivity index (χ0n) is 11.7. The highest BCUT2D eigenvalue weighted by Crippen LogP contribution is 2.22. The number of methoxy groups -OCH3 is 1. The van der Waals surface area contributed by atoms with E-state index in [1.807, 2.05) is 11.8 Å². The molecule has 2 amide bonds. The van der Waals surface area contributed by atoms with Crippen LogP contribution < -0.4 is 15.4 Å². The van der Waals surface area contributed by atoms with Gasteiger partial charge in [-0.15, -0.1) is 0 Å². The molecule has 1 fully saturated rings. The number of aromatic carboxylic acids is 1. The molecule has 114 valence electrons. The van der Waals surface area contributed by atoms with E-state index in [9.17, 15) is 14.7 Å². The molecule has 21 heavy (non-hydrogen) atoms. The Hall–Kier alpha value is -1.89. The Balaban J connectivity index is 2.04. The lowest BCUT2D eigenvalue weighted by atomic mass is 10.1. The summed E-state index contributed by atoms with van der Waals surface area (Å²) in [6, 6.07) is 4.27. The van der Waals surface area contributed by atoms with Crippen LogP contribution in [0.15, 0.2) is 18.2 Å². The van der Waals surface area contributed by atoms with Crippen LogP contribution >= 0.6 is 11.8 Å². The molecule has 0 aromatic heterocycles. The summed E-state index contributed by atoms with van der Waals surface area (Å²) in [6.45, 7) is 0. The third kappa shape index (κ3) is 4.29. The first-order valence-corrected chi connectivity index (χ1v) is 7.82. The van der Waals surface area contributed by atoms with Gasteiger partial charge in [0.05, 0.1) is 18.4 Å². The number of urea groups is 1. The SMILES string of the molecule is COc1ccc(NC(=O)NC2CCCSC2)c(C(=O)O)c1. The van der Waals surface area contributed by atoms with Crippen LogP contribution in [0.2, 0.25) is 0 Å². The number of thioether (sulfide) groups is 1. The second kappa shape index (κ2) is 7.21. The summed E-state index contributed by atoms with van der Waals surface area (Å²) >= 11 is 1.81. The average Bonchev–Trinajstić information content (AvgIpc) is 2.48. The number of hydrogen-bond donors (Lipinski definition) is 3. The Morgan fingerprint density at radius 2 is 2.24 bits per heavy atom. The highest BCUT2D eigenvalue weighted by molar-refractivity contribution is 7.99. The minimum atomic E-state index is -1.11. The summed E-state index contributed by atoms with van der Waals surface area (Å²) in [5.41, 5.74) is 0.256. The van der Waals surface area contributed by atoms with Gasteiger partial charge in [0.15, 0.2) is 0 Å². The molecule has 0 saturated carbocycles. The first kappa shape index (κ1) is 15.5. The van der Waals surface area contributed by atoms with E-state index in [-0.39, 0.29) is 23.3 Å². The number of carboxylic acids is 1. The van der Waals surface area contributed by atoms with Crippen molar-refractivity contribution in [1.82, 2.24) is 5.32 Å². The quantitative estimate of drug-likeness (QED) is 0.795. The fraction of sp³-hybridized carbons (Fsp3) is 0.429. The second-order valence-electron chi connectivity index (χ2n) is 4.73. The van der Waals surface area contributed by atoms with Gasteiger partial charge in [-0.3, -0.25) is 0 Å². The van der Waals surface area contributed by atoms with Crippen molar-refractivity contribution in [3.05, 3.63) is 23.8 Å². The summed E-state index contributed by atoms with van der Waals surface area (Å²) < 4.78 is 4.99. The van der Waals surface area contributed by atoms with E-state index in [1.54, 1.807) is 6.07 Å². The largest absolute Gasteiger partial charge is 0.497 e. The first-order chi connectivity index (χ1) is 10.1. The number of amides is 2. The van der Waals surface area contributed by atoms with Gasteiger partial charge in [0.2, 0.25) is 0 Å². The van der Waals surface area contributed by atoms with Crippen molar-refractivity contribution in [2.75, 3.05) is 23.9 Å². The predicted octanol–water partition coefficient (Wildman–Crippen LogP) is 2.41. The van der Waals surface area contributed by atoms with Gasteiger partial charge in [0, 0.05) is 11.8 Å². The summed E-state index contributed by atoms with van der Waals surface area (Å²) in [6.07, 6.45) is 2.04. The number of carbonyl (C=O) groups excluding carboxylic acids is 1. The Morgan fingerprint density at radius 1 is 1.43 bits per heavy atom. The Labute approximate surface area is 127 Å². The van der Waals surface area contributed by atoms with Gasteiger partial charge in [-0.2, -0.15) is 11.8 Å². The molecule has 1 aliphatic rings. The molecule has 1 aromatic carbocycles. The average molecular weight is 310 g/mol. The standard InChI is InChI=1S/C14H18N2O4S/c1-20-10-4-5-12(11(7-10)13(17)18)16-14(19)15-9-3-2-6-21-8-9/h4-5,7,9H,2-3,6,8H2,1H3,(H,17,18)(H2,15,16,19). The number of ether oxygens (including phenoxy) is 1. The summed E-state index contributed by atoms with van der Waals surface area (Å²) in [5.74, 6) is 1.34. The van der Waals surface area contributed by atoms with Crippen LogP contribution in [0.5, 0.6) is 5.75 Å². The topological polar surface area (TPSA) is 87.7 Å². The van der Waals surface area contributed by atoms with Crippen molar-refractivity contribution >= 4 is 29.4 Å². The summed E-state index contributed by atoms with van der Waals surface area (Å²) in [5, 5.41) is 14.7. The minimum Gasteiger partial charge on any atom is -0.497 e. The number of carboxylic acid groups (broad SMARTS) is 1. The predicted molar refractivity (Wildman–Crippen MR) is 82.5 cm³/mol. The zero-order chi connectivity index (χ0) is 15.2. The molecule has 7 heteroatoms. The molecule has 1 unspecified atom stereocenters. The van der Waals surface area contributed by atoms with Crippen molar-refractivity contribution in [1.29, 1.82) is 0 Å². The molecule has 6 nitrogen and oxygen atoms in total. The molecule has 1 heterocycles. The number of nitrogens with one attached hydrogen (secondary N) is 2. The fourth-order valence-corrected chi connectivity index (χ4v) is 3.21. The number of benzene rings is 1. The molecule has 0 aliphatic carbocycles. The van der Waals surface area contributed by atoms with Crippen LogP contribution in [0.4, 0.5) is 10.5 Å². The van der Waals surface area contributed by atoms with Crippen LogP contribution in [0.1, 0.15) is 23.2 Å². The van der Waals surface area contributed by atoms with E-state index in [1.165, 1.54) is 19.2 Å². The highest BCUT2D eigenvalue weighted by atomic mass is 32.2. The smallest absolute Gasteiger partial charge is 0.337 e. The van der Waals surface area contributed by atoms with Gasteiger partial charge in [-0.1, -0.05) is 0 Å². The Bertz CT molecular complexity index is 530. The molecule has 3 N–H and O–H groups in total. The van der Waals surface area contributed by atoms with Crippen LogP contribution in [0.25, 0.3) is 0 Å². The van der Waals surface area contributed by atoms with Crippen molar-refractivity contribution in [2.45, 2.75) is 18.9 Å². The fourth-order valence-electron chi connectivity index (χ4n) is 2.13. The summed E-state index contributed by atoms with van der Waals surface area (Å²) in [4.78, 5) is 23.2. The van der Waals surface area contributed by atoms with Gasteiger partial charge in [0.1, 0.15) is 5.75 Å². The van der Waals surface area contributed by atoms with Gasteiger partial charge >= 0.3 is 12.0 Å². The van der Waals surface area contributed by atoms with Crippen molar-refractivity contribution in [3.63, 3.8) is 0 Å². The highest BCUT2D eigenvalue weighted by Gasteiger charge is 2.18. The van der Waals surface area contributed by atoms with Crippen LogP contribution in [-0.2, 0) is 0 Å². The molecule has 1 atom stereocenters. The van der Waals surface area contributed by atoms with Gasteiger partial charge in [0.25, 0.3) is 0 Å². The lowest BCUT2D eigenvalue weighted by Gasteiger charge is -2.22. The van der Waals surface area contributed by atoms with Gasteiger partial charge < -0.3 is 20.5 Å². The maximum Gasteiger partial charge on any atom is 0.337 e. The van der Waals surface area contributed by atoms with Crippen LogP contribution in [0.3, 0.4) is 0 Å².